The molecular weight excluding hydrogens is 360 g/mol. The fraction of sp³-hybridized carbons (Fsp3) is 0.368. The van der Waals surface area contributed by atoms with E-state index in [1.54, 1.807) is 0 Å². The van der Waals surface area contributed by atoms with Crippen LogP contribution < -0.4 is 21.3 Å². The lowest BCUT2D eigenvalue weighted by Gasteiger charge is -2.13. The van der Waals surface area contributed by atoms with Gasteiger partial charge < -0.3 is 26.4 Å². The Hall–Kier alpha value is -3.36. The van der Waals surface area contributed by atoms with Gasteiger partial charge in [-0.05, 0) is 43.4 Å². The van der Waals surface area contributed by atoms with Crippen LogP contribution in [0.2, 0.25) is 0 Å². The van der Waals surface area contributed by atoms with Gasteiger partial charge in [-0.2, -0.15) is 4.98 Å². The van der Waals surface area contributed by atoms with Crippen LogP contribution in [0.1, 0.15) is 37.7 Å². The van der Waals surface area contributed by atoms with Gasteiger partial charge in [0.1, 0.15) is 5.82 Å². The predicted octanol–water partition coefficient (Wildman–Crippen LogP) is 3.13. The topological polar surface area (TPSA) is 128 Å². The van der Waals surface area contributed by atoms with Gasteiger partial charge in [0.15, 0.2) is 0 Å². The lowest BCUT2D eigenvalue weighted by atomic mass is 10.2. The molecule has 1 saturated carbocycles. The first-order valence-corrected chi connectivity index (χ1v) is 9.23. The Bertz CT molecular complexity index is 853. The summed E-state index contributed by atoms with van der Waals surface area (Å²) in [6.45, 7) is 2.45. The summed E-state index contributed by atoms with van der Waals surface area (Å²) >= 11 is 0. The Morgan fingerprint density at radius 2 is 2.00 bits per heavy atom. The number of aromatic nitrogens is 2. The highest BCUT2D eigenvalue weighted by Crippen LogP contribution is 2.42. The minimum Gasteiger partial charge on any atom is -0.465 e. The van der Waals surface area contributed by atoms with E-state index >= 15 is 0 Å². The number of hydrogen-bond acceptors (Lipinski definition) is 6. The molecule has 28 heavy (non-hydrogen) atoms. The summed E-state index contributed by atoms with van der Waals surface area (Å²) in [5.74, 6) is 1.58. The molecule has 2 aromatic rings. The van der Waals surface area contributed by atoms with Crippen LogP contribution in [0.4, 0.5) is 27.9 Å². The molecule has 0 saturated heterocycles. The van der Waals surface area contributed by atoms with Crippen molar-refractivity contribution >= 4 is 35.1 Å². The van der Waals surface area contributed by atoms with E-state index in [0.717, 1.165) is 29.9 Å². The second kappa shape index (κ2) is 9.03. The lowest BCUT2D eigenvalue weighted by molar-refractivity contribution is -0.114. The summed E-state index contributed by atoms with van der Waals surface area (Å²) in [5.41, 5.74) is 2.54. The first-order chi connectivity index (χ1) is 13.5. The van der Waals surface area contributed by atoms with Crippen LogP contribution in [0.5, 0.6) is 0 Å². The number of rotatable bonds is 9. The molecular formula is C19H24N6O3. The Labute approximate surface area is 163 Å². The van der Waals surface area contributed by atoms with Crippen molar-refractivity contribution in [3.05, 3.63) is 36.0 Å². The third kappa shape index (κ3) is 5.83. The lowest BCUT2D eigenvalue weighted by Crippen LogP contribution is -2.23. The molecule has 9 heteroatoms. The van der Waals surface area contributed by atoms with Gasteiger partial charge in [0, 0.05) is 43.1 Å². The molecule has 0 atom stereocenters. The number of nitrogens with one attached hydrogen (secondary N) is 4. The van der Waals surface area contributed by atoms with Crippen molar-refractivity contribution in [3.8, 4) is 0 Å². The molecule has 1 aromatic heterocycles. The van der Waals surface area contributed by atoms with Crippen LogP contribution in [-0.4, -0.2) is 40.2 Å². The number of nitrogens with zero attached hydrogens (tertiary/aromatic N) is 2. The van der Waals surface area contributed by atoms with E-state index in [9.17, 15) is 9.59 Å². The molecule has 0 radical (unpaired) electrons. The summed E-state index contributed by atoms with van der Waals surface area (Å²) in [6.07, 6.45) is 3.73. The van der Waals surface area contributed by atoms with Gasteiger partial charge in [-0.25, -0.2) is 9.78 Å². The predicted molar refractivity (Wildman–Crippen MR) is 107 cm³/mol. The highest BCUT2D eigenvalue weighted by Gasteiger charge is 2.27. The highest BCUT2D eigenvalue weighted by atomic mass is 16.4. The first kappa shape index (κ1) is 19.4. The monoisotopic (exact) mass is 384 g/mol. The number of carbonyl (C=O) groups excluding carboxylic acids is 1. The van der Waals surface area contributed by atoms with Crippen molar-refractivity contribution < 1.29 is 14.7 Å². The highest BCUT2D eigenvalue weighted by molar-refractivity contribution is 5.89. The molecule has 148 valence electrons. The molecule has 3 rings (SSSR count). The van der Waals surface area contributed by atoms with E-state index in [1.807, 2.05) is 30.5 Å². The van der Waals surface area contributed by atoms with Gasteiger partial charge >= 0.3 is 6.09 Å². The van der Waals surface area contributed by atoms with Crippen molar-refractivity contribution in [3.63, 3.8) is 0 Å². The van der Waals surface area contributed by atoms with Crippen molar-refractivity contribution in [2.75, 3.05) is 29.0 Å². The van der Waals surface area contributed by atoms with Crippen molar-refractivity contribution in [2.45, 2.75) is 32.1 Å². The van der Waals surface area contributed by atoms with E-state index in [1.165, 1.54) is 6.92 Å². The molecule has 0 spiro atoms. The normalized spacial score (nSPS) is 12.9. The van der Waals surface area contributed by atoms with Crippen molar-refractivity contribution in [1.82, 2.24) is 15.3 Å². The standard InChI is InChI=1S/C19H24N6O3/c1-12(26)23-14-4-2-5-15(10-14)24-18-22-11-16(13-6-7-13)17(25-18)20-8-3-9-21-19(27)28/h2,4-5,10-11,13,21H,3,6-9H2,1H3,(H,23,26)(H,27,28)(H2,20,22,24,25). The summed E-state index contributed by atoms with van der Waals surface area (Å²) in [5, 5.41) is 20.2. The quantitative estimate of drug-likeness (QED) is 0.420. The summed E-state index contributed by atoms with van der Waals surface area (Å²) in [7, 11) is 0. The Kier molecular flexibility index (Phi) is 6.25. The second-order valence-electron chi connectivity index (χ2n) is 6.67. The van der Waals surface area contributed by atoms with Crippen molar-refractivity contribution in [2.24, 2.45) is 0 Å². The number of carboxylic acid groups (broad SMARTS) is 1. The third-order valence-electron chi connectivity index (χ3n) is 4.20. The van der Waals surface area contributed by atoms with E-state index in [0.29, 0.717) is 37.1 Å². The van der Waals surface area contributed by atoms with Crippen LogP contribution in [-0.2, 0) is 4.79 Å². The maximum Gasteiger partial charge on any atom is 0.404 e. The van der Waals surface area contributed by atoms with Gasteiger partial charge in [-0.3, -0.25) is 4.79 Å². The van der Waals surface area contributed by atoms with Crippen LogP contribution >= 0.6 is 0 Å². The molecule has 1 aromatic carbocycles. The zero-order valence-corrected chi connectivity index (χ0v) is 15.7. The van der Waals surface area contributed by atoms with E-state index in [4.69, 9.17) is 5.11 Å². The van der Waals surface area contributed by atoms with Crippen LogP contribution in [0.15, 0.2) is 30.5 Å². The molecule has 1 aliphatic carbocycles. The number of hydrogen-bond donors (Lipinski definition) is 5. The average molecular weight is 384 g/mol. The number of amides is 2. The fourth-order valence-electron chi connectivity index (χ4n) is 2.78. The van der Waals surface area contributed by atoms with Crippen LogP contribution in [0.25, 0.3) is 0 Å². The molecule has 9 nitrogen and oxygen atoms in total. The largest absolute Gasteiger partial charge is 0.465 e. The Morgan fingerprint density at radius 1 is 1.21 bits per heavy atom. The zero-order valence-electron chi connectivity index (χ0n) is 15.7. The van der Waals surface area contributed by atoms with E-state index in [-0.39, 0.29) is 5.91 Å². The van der Waals surface area contributed by atoms with E-state index < -0.39 is 6.09 Å². The minimum absolute atomic E-state index is 0.133. The van der Waals surface area contributed by atoms with E-state index in [2.05, 4.69) is 31.2 Å². The van der Waals surface area contributed by atoms with Gasteiger partial charge in [0.25, 0.3) is 0 Å². The molecule has 0 aliphatic heterocycles. The molecule has 0 unspecified atom stereocenters. The molecule has 1 heterocycles. The Morgan fingerprint density at radius 3 is 2.71 bits per heavy atom. The Balaban J connectivity index is 1.66. The maximum atomic E-state index is 11.2. The molecule has 1 fully saturated rings. The summed E-state index contributed by atoms with van der Waals surface area (Å²) in [4.78, 5) is 30.7. The second-order valence-corrected chi connectivity index (χ2v) is 6.67. The number of benzene rings is 1. The zero-order chi connectivity index (χ0) is 19.9. The van der Waals surface area contributed by atoms with Gasteiger partial charge in [-0.15, -0.1) is 0 Å². The summed E-state index contributed by atoms with van der Waals surface area (Å²) < 4.78 is 0. The van der Waals surface area contributed by atoms with Crippen molar-refractivity contribution in [1.29, 1.82) is 0 Å². The van der Waals surface area contributed by atoms with Crippen LogP contribution in [0.3, 0.4) is 0 Å². The smallest absolute Gasteiger partial charge is 0.404 e. The fourth-order valence-corrected chi connectivity index (χ4v) is 2.78. The SMILES string of the molecule is CC(=O)Nc1cccc(Nc2ncc(C3CC3)c(NCCCNC(=O)O)n2)c1. The minimum atomic E-state index is -1.02. The summed E-state index contributed by atoms with van der Waals surface area (Å²) in [6, 6.07) is 7.32. The number of carbonyl (C=O) groups is 2. The third-order valence-corrected chi connectivity index (χ3v) is 4.20. The van der Waals surface area contributed by atoms with Gasteiger partial charge in [0.2, 0.25) is 11.9 Å². The molecule has 0 bridgehead atoms. The van der Waals surface area contributed by atoms with Gasteiger partial charge in [0.05, 0.1) is 0 Å². The number of anilines is 4. The molecule has 1 aliphatic rings. The molecule has 5 N–H and O–H groups in total. The van der Waals surface area contributed by atoms with Crippen LogP contribution in [0, 0.1) is 0 Å². The van der Waals surface area contributed by atoms with Gasteiger partial charge in [-0.1, -0.05) is 6.07 Å². The first-order valence-electron chi connectivity index (χ1n) is 9.23. The molecule has 2 amide bonds. The average Bonchev–Trinajstić information content (AvgIpc) is 3.46. The maximum absolute atomic E-state index is 11.2.